The third-order valence-corrected chi connectivity index (χ3v) is 7.47. The second-order valence-corrected chi connectivity index (χ2v) is 9.94. The number of carbonyl (C=O) groups is 1. The first-order chi connectivity index (χ1) is 14.6. The van der Waals surface area contributed by atoms with E-state index in [1.54, 1.807) is 0 Å². The molecule has 2 fully saturated rings. The number of carbonyl (C=O) groups excluding carboxylic acids is 1. The lowest BCUT2D eigenvalue weighted by atomic mass is 9.95. The predicted octanol–water partition coefficient (Wildman–Crippen LogP) is 1.76. The average Bonchev–Trinajstić information content (AvgIpc) is 2.77. The van der Waals surface area contributed by atoms with E-state index in [-0.39, 0.29) is 5.91 Å². The molecule has 1 saturated carbocycles. The summed E-state index contributed by atoms with van der Waals surface area (Å²) >= 11 is 0. The monoisotopic (exact) mass is 433 g/mol. The van der Waals surface area contributed by atoms with E-state index < -0.39 is 10.8 Å². The van der Waals surface area contributed by atoms with E-state index in [9.17, 15) is 9.00 Å². The maximum atomic E-state index is 12.2. The van der Waals surface area contributed by atoms with Gasteiger partial charge in [-0.15, -0.1) is 0 Å². The van der Waals surface area contributed by atoms with E-state index in [0.717, 1.165) is 61.7 Å². The summed E-state index contributed by atoms with van der Waals surface area (Å²) in [6.45, 7) is 7.41. The molecule has 1 amide bonds. The predicted molar refractivity (Wildman–Crippen MR) is 124 cm³/mol. The van der Waals surface area contributed by atoms with Crippen LogP contribution in [0.4, 0.5) is 5.69 Å². The highest BCUT2D eigenvalue weighted by molar-refractivity contribution is 7.85. The third-order valence-electron chi connectivity index (χ3n) is 5.73. The summed E-state index contributed by atoms with van der Waals surface area (Å²) in [7, 11) is -0.722. The number of piperazine rings is 1. The molecule has 1 saturated heterocycles. The van der Waals surface area contributed by atoms with E-state index in [2.05, 4.69) is 52.0 Å². The first-order valence-corrected chi connectivity index (χ1v) is 12.5. The van der Waals surface area contributed by atoms with Crippen LogP contribution in [0.2, 0.25) is 0 Å². The normalized spacial score (nSPS) is 23.6. The van der Waals surface area contributed by atoms with Gasteiger partial charge >= 0.3 is 0 Å². The van der Waals surface area contributed by atoms with Crippen LogP contribution in [0, 0.1) is 0 Å². The number of rotatable bonds is 7. The lowest BCUT2D eigenvalue weighted by Crippen LogP contribution is -2.47. The van der Waals surface area contributed by atoms with Crippen molar-refractivity contribution in [2.24, 2.45) is 4.99 Å². The largest absolute Gasteiger partial charge is 0.360 e. The molecule has 1 aromatic carbocycles. The molecule has 0 spiro atoms. The van der Waals surface area contributed by atoms with Gasteiger partial charge in [0.15, 0.2) is 5.96 Å². The van der Waals surface area contributed by atoms with Gasteiger partial charge in [-0.05, 0) is 43.9 Å². The van der Waals surface area contributed by atoms with Crippen LogP contribution in [0.15, 0.2) is 29.3 Å². The van der Waals surface area contributed by atoms with Crippen molar-refractivity contribution in [3.63, 3.8) is 0 Å². The van der Waals surface area contributed by atoms with Gasteiger partial charge in [-0.3, -0.25) is 9.00 Å². The first-order valence-electron chi connectivity index (χ1n) is 11.1. The number of benzene rings is 1. The zero-order chi connectivity index (χ0) is 21.3. The number of nitrogens with zero attached hydrogens (tertiary/aromatic N) is 2. The van der Waals surface area contributed by atoms with Gasteiger partial charge in [-0.1, -0.05) is 25.5 Å². The minimum absolute atomic E-state index is 0.0732. The Morgan fingerprint density at radius 1 is 1.27 bits per heavy atom. The molecule has 7 nitrogen and oxygen atoms in total. The topological polar surface area (TPSA) is 85.8 Å². The molecule has 0 bridgehead atoms. The average molecular weight is 434 g/mol. The highest BCUT2D eigenvalue weighted by Crippen LogP contribution is 2.23. The van der Waals surface area contributed by atoms with Gasteiger partial charge in [-0.25, -0.2) is 4.99 Å². The Balaban J connectivity index is 1.57. The van der Waals surface area contributed by atoms with Crippen LogP contribution >= 0.6 is 0 Å². The van der Waals surface area contributed by atoms with Crippen LogP contribution in [0.1, 0.15) is 45.1 Å². The van der Waals surface area contributed by atoms with Crippen LogP contribution in [0.3, 0.4) is 0 Å². The maximum Gasteiger partial charge on any atom is 0.239 e. The van der Waals surface area contributed by atoms with Crippen LogP contribution in [0.5, 0.6) is 0 Å². The van der Waals surface area contributed by atoms with Crippen molar-refractivity contribution in [2.45, 2.75) is 57.4 Å². The fourth-order valence-electron chi connectivity index (χ4n) is 4.11. The van der Waals surface area contributed by atoms with Gasteiger partial charge in [0, 0.05) is 53.2 Å². The third kappa shape index (κ3) is 6.45. The van der Waals surface area contributed by atoms with Crippen molar-refractivity contribution in [1.29, 1.82) is 0 Å². The fraction of sp³-hybridized carbons (Fsp3) is 0.636. The highest BCUT2D eigenvalue weighted by Gasteiger charge is 2.26. The van der Waals surface area contributed by atoms with E-state index in [1.165, 1.54) is 0 Å². The number of amides is 1. The molecule has 3 unspecified atom stereocenters. The zero-order valence-electron chi connectivity index (χ0n) is 18.2. The molecule has 0 radical (unpaired) electrons. The SMILES string of the molecule is CCNC(=NCc1ccc(N2CCNC(=O)C2)cc1)NC1CCCC(S(=O)CC)C1. The Morgan fingerprint density at radius 3 is 2.77 bits per heavy atom. The second kappa shape index (κ2) is 11.3. The molecule has 1 aromatic rings. The quantitative estimate of drug-likeness (QED) is 0.451. The number of guanidine groups is 1. The smallest absolute Gasteiger partial charge is 0.239 e. The lowest BCUT2D eigenvalue weighted by molar-refractivity contribution is -0.120. The van der Waals surface area contributed by atoms with Crippen molar-refractivity contribution >= 4 is 28.4 Å². The number of anilines is 1. The van der Waals surface area contributed by atoms with Crippen molar-refractivity contribution in [1.82, 2.24) is 16.0 Å². The van der Waals surface area contributed by atoms with Crippen molar-refractivity contribution in [2.75, 3.05) is 36.8 Å². The Hall–Kier alpha value is -2.09. The molecular weight excluding hydrogens is 398 g/mol. The number of hydrogen-bond acceptors (Lipinski definition) is 4. The lowest BCUT2D eigenvalue weighted by Gasteiger charge is -2.30. The van der Waals surface area contributed by atoms with Crippen LogP contribution in [-0.4, -0.2) is 59.3 Å². The zero-order valence-corrected chi connectivity index (χ0v) is 19.0. The highest BCUT2D eigenvalue weighted by atomic mass is 32.2. The Bertz CT molecular complexity index is 752. The molecule has 2 aliphatic rings. The number of aliphatic imine (C=N–C) groups is 1. The van der Waals surface area contributed by atoms with Gasteiger partial charge in [0.1, 0.15) is 0 Å². The Labute approximate surface area is 182 Å². The molecule has 8 heteroatoms. The van der Waals surface area contributed by atoms with E-state index >= 15 is 0 Å². The second-order valence-electron chi connectivity index (χ2n) is 7.93. The molecule has 3 rings (SSSR count). The summed E-state index contributed by atoms with van der Waals surface area (Å²) < 4.78 is 12.2. The summed E-state index contributed by atoms with van der Waals surface area (Å²) in [4.78, 5) is 18.4. The van der Waals surface area contributed by atoms with Crippen LogP contribution < -0.4 is 20.9 Å². The van der Waals surface area contributed by atoms with Gasteiger partial charge < -0.3 is 20.9 Å². The summed E-state index contributed by atoms with van der Waals surface area (Å²) in [5.74, 6) is 1.63. The number of nitrogens with one attached hydrogen (secondary N) is 3. The summed E-state index contributed by atoms with van der Waals surface area (Å²) in [6, 6.07) is 8.61. The number of hydrogen-bond donors (Lipinski definition) is 3. The molecule has 166 valence electrons. The van der Waals surface area contributed by atoms with E-state index in [1.807, 2.05) is 6.92 Å². The maximum absolute atomic E-state index is 12.2. The molecule has 3 N–H and O–H groups in total. The molecule has 3 atom stereocenters. The van der Waals surface area contributed by atoms with Gasteiger partial charge in [0.2, 0.25) is 5.91 Å². The summed E-state index contributed by atoms with van der Waals surface area (Å²) in [6.07, 6.45) is 4.23. The van der Waals surface area contributed by atoms with Crippen LogP contribution in [0.25, 0.3) is 0 Å². The molecule has 1 heterocycles. The van der Waals surface area contributed by atoms with Gasteiger partial charge in [0.25, 0.3) is 0 Å². The fourth-order valence-corrected chi connectivity index (χ4v) is 5.45. The molecule has 30 heavy (non-hydrogen) atoms. The first kappa shape index (κ1) is 22.6. The van der Waals surface area contributed by atoms with Gasteiger partial charge in [0.05, 0.1) is 13.1 Å². The minimum Gasteiger partial charge on any atom is -0.360 e. The van der Waals surface area contributed by atoms with Crippen molar-refractivity contribution in [3.8, 4) is 0 Å². The summed E-state index contributed by atoms with van der Waals surface area (Å²) in [5.41, 5.74) is 2.20. The van der Waals surface area contributed by atoms with Gasteiger partial charge in [-0.2, -0.15) is 0 Å². The van der Waals surface area contributed by atoms with Crippen molar-refractivity contribution in [3.05, 3.63) is 29.8 Å². The summed E-state index contributed by atoms with van der Waals surface area (Å²) in [5, 5.41) is 10.0. The Kier molecular flexibility index (Phi) is 8.54. The van der Waals surface area contributed by atoms with Crippen LogP contribution in [-0.2, 0) is 22.1 Å². The minimum atomic E-state index is -0.722. The van der Waals surface area contributed by atoms with Crippen molar-refractivity contribution < 1.29 is 9.00 Å². The molecule has 1 aliphatic carbocycles. The Morgan fingerprint density at radius 2 is 2.07 bits per heavy atom. The molecule has 1 aliphatic heterocycles. The standard InChI is InChI=1S/C22H35N5O2S/c1-3-23-22(26-18-6-5-7-20(14-18)30(29)4-2)25-15-17-8-10-19(11-9-17)27-13-12-24-21(28)16-27/h8-11,18,20H,3-7,12-16H2,1-2H3,(H,24,28)(H2,23,25,26). The molecule has 0 aromatic heterocycles. The molecular formula is C22H35N5O2S. The van der Waals surface area contributed by atoms with E-state index in [4.69, 9.17) is 4.99 Å². The van der Waals surface area contributed by atoms with E-state index in [0.29, 0.717) is 30.9 Å².